The number of imidazole rings is 1. The van der Waals surface area contributed by atoms with Crippen LogP contribution in [0.5, 0.6) is 0 Å². The number of halogens is 6. The molecule has 1 heterocycles. The fourth-order valence-electron chi connectivity index (χ4n) is 5.85. The molecule has 34 heavy (non-hydrogen) atoms. The standard InChI is InChI=1S/C21H25F6N3O4/c1-11-28-16(12-2-14(3-12)33-20(22,23)24)6-30(11)19-8-18(9-19,10-19)29-17(31)7-32-13-4-15(5-13)34-21(25,26)27/h6,12-15H,2-5,7-10H2,1H3,(H,29,31). The Morgan fingerprint density at radius 2 is 1.59 bits per heavy atom. The van der Waals surface area contributed by atoms with E-state index in [1.165, 1.54) is 0 Å². The summed E-state index contributed by atoms with van der Waals surface area (Å²) in [6.45, 7) is 1.65. The number of ether oxygens (including phenoxy) is 3. The molecule has 1 amide bonds. The van der Waals surface area contributed by atoms with Gasteiger partial charge in [-0.1, -0.05) is 0 Å². The highest BCUT2D eigenvalue weighted by Gasteiger charge is 2.70. The summed E-state index contributed by atoms with van der Waals surface area (Å²) in [6.07, 6.45) is -6.60. The number of hydrogen-bond donors (Lipinski definition) is 1. The van der Waals surface area contributed by atoms with Crippen LogP contribution in [0.15, 0.2) is 6.20 Å². The fourth-order valence-corrected chi connectivity index (χ4v) is 5.85. The second-order valence-corrected chi connectivity index (χ2v) is 10.1. The Hall–Kier alpha value is -1.86. The van der Waals surface area contributed by atoms with Crippen LogP contribution in [0.25, 0.3) is 0 Å². The van der Waals surface area contributed by atoms with Gasteiger partial charge in [0.25, 0.3) is 0 Å². The van der Waals surface area contributed by atoms with E-state index >= 15 is 0 Å². The van der Waals surface area contributed by atoms with Gasteiger partial charge in [-0.15, -0.1) is 26.3 Å². The molecular formula is C21H25F6N3O4. The monoisotopic (exact) mass is 497 g/mol. The first-order chi connectivity index (χ1) is 15.7. The van der Waals surface area contributed by atoms with Gasteiger partial charge in [-0.05, 0) is 39.0 Å². The molecule has 13 heteroatoms. The van der Waals surface area contributed by atoms with E-state index in [1.807, 2.05) is 13.1 Å². The van der Waals surface area contributed by atoms with Crippen molar-refractivity contribution in [3.8, 4) is 0 Å². The van der Waals surface area contributed by atoms with Crippen LogP contribution in [0, 0.1) is 6.92 Å². The molecule has 0 aromatic carbocycles. The summed E-state index contributed by atoms with van der Waals surface area (Å²) in [5.41, 5.74) is 0.302. The van der Waals surface area contributed by atoms with Crippen molar-refractivity contribution in [3.05, 3.63) is 17.7 Å². The summed E-state index contributed by atoms with van der Waals surface area (Å²) in [7, 11) is 0. The Morgan fingerprint density at radius 1 is 1.03 bits per heavy atom. The SMILES string of the molecule is Cc1nc(C2CC(OC(F)(F)F)C2)cn1C12CC(NC(=O)COC3CC(OC(F)(F)F)C3)(C1)C2. The fraction of sp³-hybridized carbons (Fsp3) is 0.810. The summed E-state index contributed by atoms with van der Waals surface area (Å²) in [6, 6.07) is 0. The third-order valence-corrected chi connectivity index (χ3v) is 7.43. The molecule has 5 aliphatic carbocycles. The van der Waals surface area contributed by atoms with Gasteiger partial charge in [0.2, 0.25) is 5.91 Å². The zero-order chi connectivity index (χ0) is 24.5. The molecule has 190 valence electrons. The van der Waals surface area contributed by atoms with Crippen molar-refractivity contribution in [3.63, 3.8) is 0 Å². The smallest absolute Gasteiger partial charge is 0.368 e. The number of hydrogen-bond acceptors (Lipinski definition) is 5. The van der Waals surface area contributed by atoms with Gasteiger partial charge < -0.3 is 14.6 Å². The van der Waals surface area contributed by atoms with Crippen LogP contribution >= 0.6 is 0 Å². The van der Waals surface area contributed by atoms with Crippen LogP contribution in [-0.2, 0) is 24.5 Å². The zero-order valence-corrected chi connectivity index (χ0v) is 18.3. The molecule has 1 aromatic heterocycles. The maximum atomic E-state index is 12.3. The lowest BCUT2D eigenvalue weighted by molar-refractivity contribution is -0.357. The van der Waals surface area contributed by atoms with Crippen LogP contribution in [0.1, 0.15) is 62.4 Å². The predicted molar refractivity (Wildman–Crippen MR) is 102 cm³/mol. The van der Waals surface area contributed by atoms with Gasteiger partial charge in [0, 0.05) is 30.5 Å². The lowest BCUT2D eigenvalue weighted by Gasteiger charge is -2.70. The molecule has 0 spiro atoms. The van der Waals surface area contributed by atoms with Crippen LogP contribution in [0.4, 0.5) is 26.3 Å². The molecule has 0 radical (unpaired) electrons. The van der Waals surface area contributed by atoms with Crippen molar-refractivity contribution in [2.75, 3.05) is 6.61 Å². The van der Waals surface area contributed by atoms with E-state index in [0.717, 1.165) is 30.8 Å². The minimum absolute atomic E-state index is 0.0573. The van der Waals surface area contributed by atoms with Gasteiger partial charge in [0.1, 0.15) is 12.4 Å². The van der Waals surface area contributed by atoms with Crippen molar-refractivity contribution in [1.29, 1.82) is 0 Å². The topological polar surface area (TPSA) is 74.6 Å². The van der Waals surface area contributed by atoms with Crippen LogP contribution in [0.3, 0.4) is 0 Å². The van der Waals surface area contributed by atoms with Gasteiger partial charge in [0.15, 0.2) is 0 Å². The molecule has 0 atom stereocenters. The minimum atomic E-state index is -4.66. The lowest BCUT2D eigenvalue weighted by atomic mass is 9.44. The maximum absolute atomic E-state index is 12.3. The van der Waals surface area contributed by atoms with Gasteiger partial charge in [-0.3, -0.25) is 14.3 Å². The summed E-state index contributed by atoms with van der Waals surface area (Å²) >= 11 is 0. The van der Waals surface area contributed by atoms with Crippen LogP contribution in [-0.4, -0.2) is 58.6 Å². The molecule has 6 rings (SSSR count). The normalized spacial score (nSPS) is 36.7. The Morgan fingerprint density at radius 3 is 2.15 bits per heavy atom. The molecule has 0 saturated heterocycles. The molecule has 1 N–H and O–H groups in total. The van der Waals surface area contributed by atoms with Crippen molar-refractivity contribution in [2.24, 2.45) is 0 Å². The van der Waals surface area contributed by atoms with Crippen molar-refractivity contribution < 1.29 is 45.3 Å². The number of aryl methyl sites for hydroxylation is 1. The molecular weight excluding hydrogens is 472 g/mol. The molecule has 2 bridgehead atoms. The number of amides is 1. The Bertz CT molecular complexity index is 930. The number of alkyl halides is 6. The first kappa shape index (κ1) is 23.9. The highest BCUT2D eigenvalue weighted by Crippen LogP contribution is 2.65. The van der Waals surface area contributed by atoms with Crippen LogP contribution < -0.4 is 5.32 Å². The summed E-state index contributed by atoms with van der Waals surface area (Å²) in [5, 5.41) is 2.97. The molecule has 5 fully saturated rings. The highest BCUT2D eigenvalue weighted by atomic mass is 19.4. The Labute approximate surface area is 191 Å². The first-order valence-corrected chi connectivity index (χ1v) is 11.2. The average Bonchev–Trinajstić information content (AvgIpc) is 2.93. The van der Waals surface area contributed by atoms with Gasteiger partial charge in [-0.2, -0.15) is 0 Å². The minimum Gasteiger partial charge on any atom is -0.368 e. The molecule has 1 aromatic rings. The number of rotatable bonds is 8. The molecule has 0 aliphatic heterocycles. The first-order valence-electron chi connectivity index (χ1n) is 11.2. The van der Waals surface area contributed by atoms with Gasteiger partial charge >= 0.3 is 12.7 Å². The largest absolute Gasteiger partial charge is 0.522 e. The summed E-state index contributed by atoms with van der Waals surface area (Å²) in [4.78, 5) is 16.8. The predicted octanol–water partition coefficient (Wildman–Crippen LogP) is 3.81. The number of nitrogens with zero attached hydrogens (tertiary/aromatic N) is 2. The van der Waals surface area contributed by atoms with E-state index in [1.54, 1.807) is 0 Å². The van der Waals surface area contributed by atoms with Crippen LogP contribution in [0.2, 0.25) is 0 Å². The van der Waals surface area contributed by atoms with Gasteiger partial charge in [-0.25, -0.2) is 4.98 Å². The molecule has 5 saturated carbocycles. The van der Waals surface area contributed by atoms with Crippen molar-refractivity contribution in [1.82, 2.24) is 14.9 Å². The van der Waals surface area contributed by atoms with E-state index < -0.39 is 31.0 Å². The molecule has 0 unspecified atom stereocenters. The number of nitrogens with one attached hydrogen (secondary N) is 1. The molecule has 7 nitrogen and oxygen atoms in total. The second-order valence-electron chi connectivity index (χ2n) is 10.1. The lowest BCUT2D eigenvalue weighted by Crippen LogP contribution is -2.79. The number of carbonyl (C=O) groups excluding carboxylic acids is 1. The van der Waals surface area contributed by atoms with Crippen molar-refractivity contribution >= 4 is 5.91 Å². The second kappa shape index (κ2) is 7.82. The van der Waals surface area contributed by atoms with E-state index in [4.69, 9.17) is 4.74 Å². The third kappa shape index (κ3) is 4.66. The number of carbonyl (C=O) groups is 1. The Balaban J connectivity index is 1.04. The van der Waals surface area contributed by atoms with E-state index in [2.05, 4.69) is 24.3 Å². The maximum Gasteiger partial charge on any atom is 0.522 e. The zero-order valence-electron chi connectivity index (χ0n) is 18.3. The highest BCUT2D eigenvalue weighted by molar-refractivity contribution is 5.78. The van der Waals surface area contributed by atoms with E-state index in [-0.39, 0.29) is 55.2 Å². The Kier molecular flexibility index (Phi) is 5.49. The summed E-state index contributed by atoms with van der Waals surface area (Å²) in [5.74, 6) is 0.429. The summed E-state index contributed by atoms with van der Waals surface area (Å²) < 4.78 is 88.8. The van der Waals surface area contributed by atoms with Gasteiger partial charge in [0.05, 0.1) is 29.5 Å². The average molecular weight is 497 g/mol. The van der Waals surface area contributed by atoms with E-state index in [9.17, 15) is 31.1 Å². The third-order valence-electron chi connectivity index (χ3n) is 7.43. The quantitative estimate of drug-likeness (QED) is 0.553. The number of aromatic nitrogens is 2. The molecule has 5 aliphatic rings. The van der Waals surface area contributed by atoms with E-state index in [0.29, 0.717) is 0 Å². The van der Waals surface area contributed by atoms with Crippen molar-refractivity contribution in [2.45, 2.75) is 99.9 Å².